The van der Waals surface area contributed by atoms with Crippen molar-refractivity contribution in [1.29, 1.82) is 0 Å². The van der Waals surface area contributed by atoms with Gasteiger partial charge in [-0.15, -0.1) is 0 Å². The van der Waals surface area contributed by atoms with Crippen molar-refractivity contribution in [1.82, 2.24) is 0 Å². The van der Waals surface area contributed by atoms with E-state index in [0.717, 1.165) is 13.0 Å². The Morgan fingerprint density at radius 3 is 2.81 bits per heavy atom. The van der Waals surface area contributed by atoms with Gasteiger partial charge in [-0.1, -0.05) is 41.9 Å². The summed E-state index contributed by atoms with van der Waals surface area (Å²) >= 11 is 5.87. The highest BCUT2D eigenvalue weighted by atomic mass is 35.5. The van der Waals surface area contributed by atoms with Crippen LogP contribution in [0.3, 0.4) is 0 Å². The Kier molecular flexibility index (Phi) is 4.13. The van der Waals surface area contributed by atoms with Crippen LogP contribution in [0.4, 0.5) is 10.1 Å². The fourth-order valence-corrected chi connectivity index (χ4v) is 3.25. The van der Waals surface area contributed by atoms with Crippen molar-refractivity contribution in [3.05, 3.63) is 64.4 Å². The van der Waals surface area contributed by atoms with Gasteiger partial charge >= 0.3 is 0 Å². The van der Waals surface area contributed by atoms with Crippen LogP contribution < -0.4 is 10.6 Å². The zero-order chi connectivity index (χ0) is 14.8. The summed E-state index contributed by atoms with van der Waals surface area (Å²) in [6.07, 6.45) is 0.950. The van der Waals surface area contributed by atoms with Crippen molar-refractivity contribution in [2.75, 3.05) is 18.0 Å². The molecule has 0 saturated heterocycles. The minimum Gasteiger partial charge on any atom is -0.366 e. The number of benzene rings is 2. The van der Waals surface area contributed by atoms with Crippen LogP contribution in [0.15, 0.2) is 42.5 Å². The molecule has 21 heavy (non-hydrogen) atoms. The lowest BCUT2D eigenvalue weighted by atomic mass is 9.98. The quantitative estimate of drug-likeness (QED) is 0.927. The highest BCUT2D eigenvalue weighted by molar-refractivity contribution is 6.30. The molecule has 0 fully saturated rings. The summed E-state index contributed by atoms with van der Waals surface area (Å²) in [5.41, 5.74) is 8.83. The number of rotatable bonds is 4. The van der Waals surface area contributed by atoms with Gasteiger partial charge < -0.3 is 10.6 Å². The summed E-state index contributed by atoms with van der Waals surface area (Å²) in [5, 5.41) is 0.179. The van der Waals surface area contributed by atoms with Crippen molar-refractivity contribution in [2.24, 2.45) is 5.73 Å². The van der Waals surface area contributed by atoms with Crippen LogP contribution in [0.5, 0.6) is 0 Å². The van der Waals surface area contributed by atoms with Crippen LogP contribution in [-0.4, -0.2) is 13.1 Å². The minimum atomic E-state index is -0.320. The maximum Gasteiger partial charge on any atom is 0.146 e. The average Bonchev–Trinajstić information content (AvgIpc) is 2.83. The molecule has 1 unspecified atom stereocenters. The fraction of sp³-hybridized carbons (Fsp3) is 0.294. The molecule has 1 aliphatic rings. The molecular formula is C17H18ClFN2. The van der Waals surface area contributed by atoms with E-state index in [0.29, 0.717) is 24.6 Å². The molecule has 2 aromatic carbocycles. The zero-order valence-corrected chi connectivity index (χ0v) is 12.5. The number of fused-ring (bicyclic) bond motifs is 1. The molecule has 2 nitrogen and oxygen atoms in total. The van der Waals surface area contributed by atoms with Gasteiger partial charge in [0.2, 0.25) is 0 Å². The Labute approximate surface area is 129 Å². The van der Waals surface area contributed by atoms with Gasteiger partial charge in [-0.3, -0.25) is 0 Å². The third-order valence-corrected chi connectivity index (χ3v) is 4.36. The van der Waals surface area contributed by atoms with Crippen molar-refractivity contribution < 1.29 is 4.39 Å². The number of nitrogens with zero attached hydrogens (tertiary/aromatic N) is 1. The number of hydrogen-bond acceptors (Lipinski definition) is 2. The lowest BCUT2D eigenvalue weighted by molar-refractivity contribution is 0.597. The molecule has 1 aliphatic heterocycles. The molecule has 4 heteroatoms. The van der Waals surface area contributed by atoms with E-state index in [1.54, 1.807) is 18.2 Å². The SMILES string of the molecule is NCCC1CN(Cc2cccc(Cl)c2F)c2ccccc21. The summed E-state index contributed by atoms with van der Waals surface area (Å²) in [5.74, 6) is 0.104. The number of para-hydroxylation sites is 1. The van der Waals surface area contributed by atoms with Gasteiger partial charge in [-0.2, -0.15) is 0 Å². The molecule has 0 spiro atoms. The van der Waals surface area contributed by atoms with Gasteiger partial charge in [0.1, 0.15) is 5.82 Å². The first-order chi connectivity index (χ1) is 10.2. The van der Waals surface area contributed by atoms with Gasteiger partial charge in [-0.25, -0.2) is 4.39 Å². The van der Waals surface area contributed by atoms with Crippen molar-refractivity contribution >= 4 is 17.3 Å². The fourth-order valence-electron chi connectivity index (χ4n) is 3.06. The van der Waals surface area contributed by atoms with Crippen molar-refractivity contribution in [3.63, 3.8) is 0 Å². The number of halogens is 2. The highest BCUT2D eigenvalue weighted by Crippen LogP contribution is 2.38. The average molecular weight is 305 g/mol. The number of anilines is 1. The van der Waals surface area contributed by atoms with Crippen LogP contribution in [-0.2, 0) is 6.54 Å². The maximum absolute atomic E-state index is 14.1. The number of hydrogen-bond donors (Lipinski definition) is 1. The summed E-state index contributed by atoms with van der Waals surface area (Å²) < 4.78 is 14.1. The summed E-state index contributed by atoms with van der Waals surface area (Å²) in [6.45, 7) is 2.07. The van der Waals surface area contributed by atoms with E-state index in [9.17, 15) is 4.39 Å². The molecule has 1 atom stereocenters. The van der Waals surface area contributed by atoms with Crippen LogP contribution in [0, 0.1) is 5.82 Å². The molecular weight excluding hydrogens is 287 g/mol. The zero-order valence-electron chi connectivity index (χ0n) is 11.7. The smallest absolute Gasteiger partial charge is 0.146 e. The second kappa shape index (κ2) is 6.04. The van der Waals surface area contributed by atoms with E-state index in [1.165, 1.54) is 11.3 Å². The highest BCUT2D eigenvalue weighted by Gasteiger charge is 2.28. The molecule has 110 valence electrons. The van der Waals surface area contributed by atoms with E-state index in [1.807, 2.05) is 12.1 Å². The lowest BCUT2D eigenvalue weighted by Gasteiger charge is -2.20. The molecule has 1 heterocycles. The van der Waals surface area contributed by atoms with E-state index in [-0.39, 0.29) is 10.8 Å². The molecule has 0 radical (unpaired) electrons. The van der Waals surface area contributed by atoms with Crippen LogP contribution >= 0.6 is 11.6 Å². The van der Waals surface area contributed by atoms with Gasteiger partial charge in [-0.05, 0) is 30.7 Å². The molecule has 3 rings (SSSR count). The van der Waals surface area contributed by atoms with Crippen LogP contribution in [0.1, 0.15) is 23.5 Å². The van der Waals surface area contributed by atoms with Crippen molar-refractivity contribution in [2.45, 2.75) is 18.9 Å². The summed E-state index contributed by atoms with van der Waals surface area (Å²) in [4.78, 5) is 2.21. The van der Waals surface area contributed by atoms with Gasteiger partial charge in [0.15, 0.2) is 0 Å². The molecule has 2 N–H and O–H groups in total. The van der Waals surface area contributed by atoms with Gasteiger partial charge in [0.05, 0.1) is 5.02 Å². The third-order valence-electron chi connectivity index (χ3n) is 4.07. The van der Waals surface area contributed by atoms with Crippen LogP contribution in [0.2, 0.25) is 5.02 Å². The molecule has 0 amide bonds. The Morgan fingerprint density at radius 2 is 2.00 bits per heavy atom. The van der Waals surface area contributed by atoms with E-state index >= 15 is 0 Å². The minimum absolute atomic E-state index is 0.179. The maximum atomic E-state index is 14.1. The second-order valence-corrected chi connectivity index (χ2v) is 5.83. The molecule has 0 saturated carbocycles. The summed E-state index contributed by atoms with van der Waals surface area (Å²) in [6, 6.07) is 13.5. The Bertz CT molecular complexity index is 644. The van der Waals surface area contributed by atoms with E-state index in [2.05, 4.69) is 17.0 Å². The third kappa shape index (κ3) is 2.76. The standard InChI is InChI=1S/C17H18ClFN2/c18-15-6-3-4-13(17(15)19)11-21-10-12(8-9-20)14-5-1-2-7-16(14)21/h1-7,12H,8-11,20H2. The molecule has 0 aromatic heterocycles. The molecule has 0 aliphatic carbocycles. The van der Waals surface area contributed by atoms with E-state index in [4.69, 9.17) is 17.3 Å². The van der Waals surface area contributed by atoms with Crippen LogP contribution in [0.25, 0.3) is 0 Å². The Hall–Kier alpha value is -1.58. The Morgan fingerprint density at radius 1 is 1.19 bits per heavy atom. The number of nitrogens with two attached hydrogens (primary N) is 1. The molecule has 0 bridgehead atoms. The first-order valence-electron chi connectivity index (χ1n) is 7.17. The predicted octanol–water partition coefficient (Wildman–Crippen LogP) is 3.93. The lowest BCUT2D eigenvalue weighted by Crippen LogP contribution is -2.22. The summed E-state index contributed by atoms with van der Waals surface area (Å²) in [7, 11) is 0. The van der Waals surface area contributed by atoms with Gasteiger partial charge in [0, 0.05) is 30.3 Å². The Balaban J connectivity index is 1.88. The molecule has 2 aromatic rings. The largest absolute Gasteiger partial charge is 0.366 e. The first-order valence-corrected chi connectivity index (χ1v) is 7.55. The monoisotopic (exact) mass is 304 g/mol. The topological polar surface area (TPSA) is 29.3 Å². The second-order valence-electron chi connectivity index (χ2n) is 5.43. The normalized spacial score (nSPS) is 17.1. The predicted molar refractivity (Wildman–Crippen MR) is 85.3 cm³/mol. The van der Waals surface area contributed by atoms with Gasteiger partial charge in [0.25, 0.3) is 0 Å². The van der Waals surface area contributed by atoms with Crippen molar-refractivity contribution in [3.8, 4) is 0 Å². The first kappa shape index (κ1) is 14.4. The van der Waals surface area contributed by atoms with E-state index < -0.39 is 0 Å².